The van der Waals surface area contributed by atoms with Gasteiger partial charge in [-0.15, -0.1) is 0 Å². The minimum atomic E-state index is 0.479. The van der Waals surface area contributed by atoms with Crippen LogP contribution in [0.5, 0.6) is 5.75 Å². The van der Waals surface area contributed by atoms with E-state index in [4.69, 9.17) is 4.74 Å². The number of rotatable bonds is 4. The van der Waals surface area contributed by atoms with Crippen LogP contribution in [0.3, 0.4) is 0 Å². The second-order valence-corrected chi connectivity index (χ2v) is 5.28. The molecule has 92 valence electrons. The lowest BCUT2D eigenvalue weighted by atomic mass is 9.96. The van der Waals surface area contributed by atoms with Crippen LogP contribution in [0.2, 0.25) is 0 Å². The Labute approximate surface area is 103 Å². The monoisotopic (exact) mass is 231 g/mol. The van der Waals surface area contributed by atoms with Crippen molar-refractivity contribution in [2.24, 2.45) is 0 Å². The van der Waals surface area contributed by atoms with E-state index >= 15 is 0 Å². The van der Waals surface area contributed by atoms with Gasteiger partial charge in [0.2, 0.25) is 0 Å². The zero-order valence-electron chi connectivity index (χ0n) is 10.3. The first-order valence-electron chi connectivity index (χ1n) is 6.90. The fourth-order valence-electron chi connectivity index (χ4n) is 2.65. The first kappa shape index (κ1) is 11.1. The Hall–Kier alpha value is -1.02. The lowest BCUT2D eigenvalue weighted by Crippen LogP contribution is -2.27. The number of nitrogens with one attached hydrogen (secondary N) is 1. The molecular formula is C15H21NO. The van der Waals surface area contributed by atoms with Gasteiger partial charge in [0, 0.05) is 6.04 Å². The van der Waals surface area contributed by atoms with E-state index in [1.165, 1.54) is 44.2 Å². The van der Waals surface area contributed by atoms with Gasteiger partial charge in [-0.25, -0.2) is 0 Å². The van der Waals surface area contributed by atoms with Crippen LogP contribution in [0.4, 0.5) is 0 Å². The molecule has 1 aliphatic carbocycles. The van der Waals surface area contributed by atoms with Gasteiger partial charge in [0.25, 0.3) is 0 Å². The molecule has 3 rings (SSSR count). The molecular weight excluding hydrogens is 210 g/mol. The molecule has 1 heterocycles. The summed E-state index contributed by atoms with van der Waals surface area (Å²) in [4.78, 5) is 0. The maximum atomic E-state index is 6.06. The summed E-state index contributed by atoms with van der Waals surface area (Å²) in [7, 11) is 0. The van der Waals surface area contributed by atoms with Crippen LogP contribution in [0.1, 0.15) is 37.7 Å². The molecule has 1 N–H and O–H groups in total. The smallest absolute Gasteiger partial charge is 0.122 e. The Morgan fingerprint density at radius 1 is 1.12 bits per heavy atom. The summed E-state index contributed by atoms with van der Waals surface area (Å²) in [6, 6.07) is 9.20. The van der Waals surface area contributed by atoms with Gasteiger partial charge in [0.1, 0.15) is 5.75 Å². The van der Waals surface area contributed by atoms with Crippen molar-refractivity contribution in [1.82, 2.24) is 5.32 Å². The van der Waals surface area contributed by atoms with Gasteiger partial charge < -0.3 is 10.1 Å². The van der Waals surface area contributed by atoms with Crippen molar-refractivity contribution < 1.29 is 4.74 Å². The Balaban J connectivity index is 1.68. The summed E-state index contributed by atoms with van der Waals surface area (Å²) in [6.07, 6.45) is 8.01. The van der Waals surface area contributed by atoms with Gasteiger partial charge >= 0.3 is 0 Å². The average Bonchev–Trinajstić information content (AvgIpc) is 2.78. The standard InChI is InChI=1S/C15H21NO/c1-2-9-15(17-14-7-3-8-14)12(5-1)11-13-6-4-10-16-13/h1-2,5,9,13-14,16H,3-4,6-8,10-11H2. The Morgan fingerprint density at radius 2 is 2.00 bits per heavy atom. The summed E-state index contributed by atoms with van der Waals surface area (Å²) in [5.74, 6) is 1.12. The SMILES string of the molecule is c1ccc(OC2CCC2)c(CC2CCCN2)c1. The van der Waals surface area contributed by atoms with E-state index in [0.29, 0.717) is 12.1 Å². The van der Waals surface area contributed by atoms with E-state index in [2.05, 4.69) is 29.6 Å². The average molecular weight is 231 g/mol. The molecule has 0 radical (unpaired) electrons. The maximum absolute atomic E-state index is 6.06. The van der Waals surface area contributed by atoms with Crippen molar-refractivity contribution in [2.75, 3.05) is 6.54 Å². The third-order valence-electron chi connectivity index (χ3n) is 3.95. The zero-order chi connectivity index (χ0) is 11.5. The number of hydrogen-bond acceptors (Lipinski definition) is 2. The molecule has 1 atom stereocenters. The fourth-order valence-corrected chi connectivity index (χ4v) is 2.65. The summed E-state index contributed by atoms with van der Waals surface area (Å²) in [6.45, 7) is 1.18. The molecule has 1 aromatic carbocycles. The van der Waals surface area contributed by atoms with Crippen molar-refractivity contribution >= 4 is 0 Å². The number of ether oxygens (including phenoxy) is 1. The van der Waals surface area contributed by atoms with Gasteiger partial charge in [-0.2, -0.15) is 0 Å². The Morgan fingerprint density at radius 3 is 2.71 bits per heavy atom. The minimum absolute atomic E-state index is 0.479. The van der Waals surface area contributed by atoms with E-state index in [0.717, 1.165) is 12.2 Å². The normalized spacial score (nSPS) is 24.6. The number of benzene rings is 1. The van der Waals surface area contributed by atoms with Gasteiger partial charge in [-0.05, 0) is 56.7 Å². The van der Waals surface area contributed by atoms with E-state index in [1.807, 2.05) is 0 Å². The Kier molecular flexibility index (Phi) is 3.32. The largest absolute Gasteiger partial charge is 0.490 e. The molecule has 2 fully saturated rings. The third kappa shape index (κ3) is 2.63. The lowest BCUT2D eigenvalue weighted by molar-refractivity contribution is 0.119. The molecule has 2 nitrogen and oxygen atoms in total. The zero-order valence-corrected chi connectivity index (χ0v) is 10.3. The molecule has 1 aromatic rings. The summed E-state index contributed by atoms with van der Waals surface area (Å²) in [5.41, 5.74) is 1.37. The molecule has 1 unspecified atom stereocenters. The maximum Gasteiger partial charge on any atom is 0.122 e. The highest BCUT2D eigenvalue weighted by atomic mass is 16.5. The number of hydrogen-bond donors (Lipinski definition) is 1. The van der Waals surface area contributed by atoms with E-state index < -0.39 is 0 Å². The molecule has 0 spiro atoms. The molecule has 1 saturated carbocycles. The second kappa shape index (κ2) is 5.09. The molecule has 0 amide bonds. The van der Waals surface area contributed by atoms with Crippen molar-refractivity contribution in [1.29, 1.82) is 0 Å². The van der Waals surface area contributed by atoms with Crippen LogP contribution < -0.4 is 10.1 Å². The quantitative estimate of drug-likeness (QED) is 0.860. The molecule has 0 bridgehead atoms. The van der Waals surface area contributed by atoms with Crippen molar-refractivity contribution in [3.63, 3.8) is 0 Å². The van der Waals surface area contributed by atoms with Gasteiger partial charge in [0.05, 0.1) is 6.10 Å². The predicted octanol–water partition coefficient (Wildman–Crippen LogP) is 2.91. The highest BCUT2D eigenvalue weighted by Gasteiger charge is 2.21. The fraction of sp³-hybridized carbons (Fsp3) is 0.600. The van der Waals surface area contributed by atoms with Crippen molar-refractivity contribution in [3.8, 4) is 5.75 Å². The topological polar surface area (TPSA) is 21.3 Å². The minimum Gasteiger partial charge on any atom is -0.490 e. The van der Waals surface area contributed by atoms with Crippen molar-refractivity contribution in [2.45, 2.75) is 50.7 Å². The van der Waals surface area contributed by atoms with Gasteiger partial charge in [-0.1, -0.05) is 18.2 Å². The highest BCUT2D eigenvalue weighted by molar-refractivity contribution is 5.34. The molecule has 2 aliphatic rings. The van der Waals surface area contributed by atoms with Crippen LogP contribution in [0.25, 0.3) is 0 Å². The molecule has 0 aromatic heterocycles. The van der Waals surface area contributed by atoms with Gasteiger partial charge in [-0.3, -0.25) is 0 Å². The third-order valence-corrected chi connectivity index (χ3v) is 3.95. The van der Waals surface area contributed by atoms with Crippen LogP contribution in [-0.4, -0.2) is 18.7 Å². The Bertz CT molecular complexity index is 367. The van der Waals surface area contributed by atoms with Crippen LogP contribution >= 0.6 is 0 Å². The summed E-state index contributed by atoms with van der Waals surface area (Å²) >= 11 is 0. The number of para-hydroxylation sites is 1. The first-order valence-corrected chi connectivity index (χ1v) is 6.90. The highest BCUT2D eigenvalue weighted by Crippen LogP contribution is 2.28. The second-order valence-electron chi connectivity index (χ2n) is 5.28. The molecule has 17 heavy (non-hydrogen) atoms. The summed E-state index contributed by atoms with van der Waals surface area (Å²) in [5, 5.41) is 3.56. The lowest BCUT2D eigenvalue weighted by Gasteiger charge is -2.27. The van der Waals surface area contributed by atoms with E-state index in [9.17, 15) is 0 Å². The molecule has 2 heteroatoms. The van der Waals surface area contributed by atoms with Crippen molar-refractivity contribution in [3.05, 3.63) is 29.8 Å². The van der Waals surface area contributed by atoms with Crippen LogP contribution in [0, 0.1) is 0 Å². The molecule has 1 aliphatic heterocycles. The van der Waals surface area contributed by atoms with E-state index in [-0.39, 0.29) is 0 Å². The van der Waals surface area contributed by atoms with Crippen LogP contribution in [-0.2, 0) is 6.42 Å². The molecule has 1 saturated heterocycles. The van der Waals surface area contributed by atoms with Crippen LogP contribution in [0.15, 0.2) is 24.3 Å². The summed E-state index contributed by atoms with van der Waals surface area (Å²) < 4.78 is 6.06. The van der Waals surface area contributed by atoms with Gasteiger partial charge in [0.15, 0.2) is 0 Å². The predicted molar refractivity (Wildman–Crippen MR) is 69.4 cm³/mol. The van der Waals surface area contributed by atoms with E-state index in [1.54, 1.807) is 0 Å². The first-order chi connectivity index (χ1) is 8.42.